The van der Waals surface area contributed by atoms with E-state index >= 15 is 0 Å². The highest BCUT2D eigenvalue weighted by molar-refractivity contribution is 6.39. The molecule has 0 spiro atoms. The predicted molar refractivity (Wildman–Crippen MR) is 136 cm³/mol. The van der Waals surface area contributed by atoms with Gasteiger partial charge in [-0.3, -0.25) is 4.98 Å². The topological polar surface area (TPSA) is 37.4 Å². The quantitative estimate of drug-likeness (QED) is 0.317. The molecule has 4 aromatic rings. The average Bonchev–Trinajstić information content (AvgIpc) is 3.23. The number of rotatable bonds is 6. The molecule has 1 unspecified atom stereocenters. The van der Waals surface area contributed by atoms with Crippen molar-refractivity contribution in [1.82, 2.24) is 4.98 Å². The van der Waals surface area contributed by atoms with Gasteiger partial charge in [0.1, 0.15) is 17.6 Å². The first-order valence-corrected chi connectivity index (χ1v) is 11.5. The number of hydrogen-bond donors (Lipinski definition) is 1. The molecule has 2 atom stereocenters. The van der Waals surface area contributed by atoms with Crippen LogP contribution in [0.15, 0.2) is 91.3 Å². The summed E-state index contributed by atoms with van der Waals surface area (Å²) in [6.07, 6.45) is 3.93. The molecule has 4 nitrogen and oxygen atoms in total. The Morgan fingerprint density at radius 1 is 0.879 bits per heavy atom. The Morgan fingerprint density at radius 2 is 1.55 bits per heavy atom. The average molecular weight is 476 g/mol. The number of anilines is 3. The van der Waals surface area contributed by atoms with Crippen LogP contribution in [0.25, 0.3) is 0 Å². The maximum Gasteiger partial charge on any atom is 0.144 e. The highest BCUT2D eigenvalue weighted by atomic mass is 35.5. The van der Waals surface area contributed by atoms with Crippen LogP contribution in [0, 0.1) is 0 Å². The lowest BCUT2D eigenvalue weighted by Crippen LogP contribution is -2.39. The van der Waals surface area contributed by atoms with Crippen LogP contribution in [-0.4, -0.2) is 18.3 Å². The van der Waals surface area contributed by atoms with Crippen molar-refractivity contribution in [3.8, 4) is 5.75 Å². The molecule has 1 aromatic heterocycles. The Kier molecular flexibility index (Phi) is 6.12. The molecule has 3 aromatic carbocycles. The van der Waals surface area contributed by atoms with E-state index in [4.69, 9.17) is 27.9 Å². The van der Waals surface area contributed by atoms with Crippen molar-refractivity contribution < 1.29 is 4.74 Å². The molecule has 0 aliphatic carbocycles. The zero-order valence-corrected chi connectivity index (χ0v) is 19.6. The van der Waals surface area contributed by atoms with Gasteiger partial charge in [-0.15, -0.1) is 0 Å². The SMILES string of the molecule is COc1cccc2c1N(c1c(Cl)cncc1Cl)[C@@H](C(Cc1ccccc1)c1ccccc1)N2. The molecule has 1 aliphatic rings. The molecular weight excluding hydrogens is 453 g/mol. The van der Waals surface area contributed by atoms with Crippen molar-refractivity contribution in [3.05, 3.63) is 112 Å². The summed E-state index contributed by atoms with van der Waals surface area (Å²) in [5, 5.41) is 4.71. The summed E-state index contributed by atoms with van der Waals surface area (Å²) in [4.78, 5) is 6.34. The lowest BCUT2D eigenvalue weighted by molar-refractivity contribution is 0.415. The molecule has 33 heavy (non-hydrogen) atoms. The Balaban J connectivity index is 1.69. The van der Waals surface area contributed by atoms with Gasteiger partial charge in [0.15, 0.2) is 0 Å². The van der Waals surface area contributed by atoms with Crippen molar-refractivity contribution >= 4 is 40.3 Å². The van der Waals surface area contributed by atoms with Gasteiger partial charge in [-0.2, -0.15) is 0 Å². The Morgan fingerprint density at radius 3 is 2.21 bits per heavy atom. The maximum absolute atomic E-state index is 6.69. The van der Waals surface area contributed by atoms with Crippen LogP contribution >= 0.6 is 23.2 Å². The molecule has 0 fully saturated rings. The molecule has 6 heteroatoms. The smallest absolute Gasteiger partial charge is 0.144 e. The van der Waals surface area contributed by atoms with Gasteiger partial charge in [-0.05, 0) is 29.7 Å². The summed E-state index contributed by atoms with van der Waals surface area (Å²) in [5.41, 5.74) is 5.06. The minimum absolute atomic E-state index is 0.0889. The minimum atomic E-state index is -0.156. The minimum Gasteiger partial charge on any atom is -0.494 e. The highest BCUT2D eigenvalue weighted by Crippen LogP contribution is 2.52. The van der Waals surface area contributed by atoms with Crippen molar-refractivity contribution in [2.45, 2.75) is 18.5 Å². The number of methoxy groups -OCH3 is 1. The zero-order valence-electron chi connectivity index (χ0n) is 18.1. The summed E-state index contributed by atoms with van der Waals surface area (Å²) in [6, 6.07) is 27.0. The summed E-state index contributed by atoms with van der Waals surface area (Å²) in [7, 11) is 1.68. The van der Waals surface area contributed by atoms with E-state index in [2.05, 4.69) is 69.8 Å². The Hall–Kier alpha value is -3.21. The van der Waals surface area contributed by atoms with Crippen molar-refractivity contribution in [3.63, 3.8) is 0 Å². The van der Waals surface area contributed by atoms with Gasteiger partial charge < -0.3 is 15.0 Å². The van der Waals surface area contributed by atoms with E-state index in [9.17, 15) is 0 Å². The van der Waals surface area contributed by atoms with Gasteiger partial charge >= 0.3 is 0 Å². The van der Waals surface area contributed by atoms with Crippen LogP contribution in [-0.2, 0) is 6.42 Å². The molecular formula is C27H23Cl2N3O. The first-order valence-electron chi connectivity index (χ1n) is 10.8. The van der Waals surface area contributed by atoms with Gasteiger partial charge in [0, 0.05) is 18.3 Å². The largest absolute Gasteiger partial charge is 0.494 e. The number of benzene rings is 3. The number of pyridine rings is 1. The summed E-state index contributed by atoms with van der Waals surface area (Å²) in [6.45, 7) is 0. The van der Waals surface area contributed by atoms with E-state index in [-0.39, 0.29) is 12.1 Å². The van der Waals surface area contributed by atoms with E-state index in [1.54, 1.807) is 19.5 Å². The molecule has 1 aliphatic heterocycles. The molecule has 2 heterocycles. The molecule has 0 bridgehead atoms. The van der Waals surface area contributed by atoms with E-state index in [1.165, 1.54) is 11.1 Å². The molecule has 0 saturated carbocycles. The van der Waals surface area contributed by atoms with E-state index in [0.29, 0.717) is 15.7 Å². The molecule has 5 rings (SSSR count). The van der Waals surface area contributed by atoms with Gasteiger partial charge in [-0.25, -0.2) is 0 Å². The zero-order chi connectivity index (χ0) is 22.8. The standard InChI is InChI=1S/C27H23Cl2N3O/c1-33-24-14-8-13-23-26(24)32(25-21(28)16-30-17-22(25)29)27(31-23)20(19-11-6-3-7-12-19)15-18-9-4-2-5-10-18/h2-14,16-17,20,27,31H,15H2,1H3/t20?,27-/m0/s1. The van der Waals surface area contributed by atoms with Gasteiger partial charge in [-0.1, -0.05) is 89.9 Å². The molecule has 1 N–H and O–H groups in total. The van der Waals surface area contributed by atoms with Crippen LogP contribution in [0.1, 0.15) is 17.0 Å². The van der Waals surface area contributed by atoms with Crippen LogP contribution in [0.3, 0.4) is 0 Å². The highest BCUT2D eigenvalue weighted by Gasteiger charge is 2.40. The number of ether oxygens (including phenoxy) is 1. The third-order valence-corrected chi connectivity index (χ3v) is 6.57. The molecule has 0 saturated heterocycles. The normalized spacial score (nSPS) is 15.6. The van der Waals surface area contributed by atoms with Gasteiger partial charge in [0.2, 0.25) is 0 Å². The van der Waals surface area contributed by atoms with E-state index in [1.807, 2.05) is 24.3 Å². The number of halogens is 2. The number of nitrogens with one attached hydrogen (secondary N) is 1. The van der Waals surface area contributed by atoms with Crippen LogP contribution in [0.4, 0.5) is 17.1 Å². The predicted octanol–water partition coefficient (Wildman–Crippen LogP) is 7.31. The van der Waals surface area contributed by atoms with Crippen LogP contribution in [0.5, 0.6) is 5.75 Å². The molecule has 0 amide bonds. The number of para-hydroxylation sites is 1. The van der Waals surface area contributed by atoms with Crippen LogP contribution < -0.4 is 15.0 Å². The van der Waals surface area contributed by atoms with Gasteiger partial charge in [0.05, 0.1) is 28.5 Å². The maximum atomic E-state index is 6.69. The number of nitrogens with zero attached hydrogens (tertiary/aromatic N) is 2. The lowest BCUT2D eigenvalue weighted by atomic mass is 9.88. The van der Waals surface area contributed by atoms with Crippen molar-refractivity contribution in [2.75, 3.05) is 17.3 Å². The van der Waals surface area contributed by atoms with Crippen LogP contribution in [0.2, 0.25) is 10.0 Å². The summed E-state index contributed by atoms with van der Waals surface area (Å²) < 4.78 is 5.76. The van der Waals surface area contributed by atoms with Gasteiger partial charge in [0.25, 0.3) is 0 Å². The third-order valence-electron chi connectivity index (χ3n) is 6.02. The van der Waals surface area contributed by atoms with E-state index in [0.717, 1.165) is 23.5 Å². The molecule has 166 valence electrons. The monoisotopic (exact) mass is 475 g/mol. The second-order valence-electron chi connectivity index (χ2n) is 7.97. The molecule has 0 radical (unpaired) electrons. The Labute approximate surface area is 203 Å². The number of aromatic nitrogens is 1. The fraction of sp³-hybridized carbons (Fsp3) is 0.148. The number of fused-ring (bicyclic) bond motifs is 1. The fourth-order valence-electron chi connectivity index (χ4n) is 4.56. The van der Waals surface area contributed by atoms with Crippen molar-refractivity contribution in [2.24, 2.45) is 0 Å². The Bertz CT molecular complexity index is 1230. The summed E-state index contributed by atoms with van der Waals surface area (Å²) >= 11 is 13.4. The third kappa shape index (κ3) is 4.12. The van der Waals surface area contributed by atoms with Crippen molar-refractivity contribution in [1.29, 1.82) is 0 Å². The number of hydrogen-bond acceptors (Lipinski definition) is 4. The first-order chi connectivity index (χ1) is 16.2. The summed E-state index contributed by atoms with van der Waals surface area (Å²) in [5.74, 6) is 0.837. The van der Waals surface area contributed by atoms with E-state index < -0.39 is 0 Å². The second-order valence-corrected chi connectivity index (χ2v) is 8.79. The first kappa shape index (κ1) is 21.6. The fourth-order valence-corrected chi connectivity index (χ4v) is 5.11. The second kappa shape index (κ2) is 9.34. The lowest BCUT2D eigenvalue weighted by Gasteiger charge is -2.35.